The molecule has 0 fully saturated rings. The van der Waals surface area contributed by atoms with Gasteiger partial charge in [-0.25, -0.2) is 9.59 Å². The molecule has 1 aliphatic carbocycles. The lowest BCUT2D eigenvalue weighted by Crippen LogP contribution is -2.29. The monoisotopic (exact) mass is 298 g/mol. The minimum absolute atomic E-state index is 0.198. The Hall–Kier alpha value is -2.94. The largest absolute Gasteiger partial charge is 0.497 e. The zero-order chi connectivity index (χ0) is 16.0. The Morgan fingerprint density at radius 3 is 2.45 bits per heavy atom. The normalized spacial score (nSPS) is 19.9. The second-order valence-corrected chi connectivity index (χ2v) is 4.53. The van der Waals surface area contributed by atoms with Crippen LogP contribution in [-0.2, 0) is 14.3 Å². The van der Waals surface area contributed by atoms with Crippen molar-refractivity contribution in [2.75, 3.05) is 14.2 Å². The number of rotatable bonds is 5. The highest BCUT2D eigenvalue weighted by atomic mass is 16.5. The molecule has 112 valence electrons. The average molecular weight is 298 g/mol. The number of methoxy groups -OCH3 is 2. The van der Waals surface area contributed by atoms with Crippen LogP contribution in [-0.4, -0.2) is 32.0 Å². The van der Waals surface area contributed by atoms with Gasteiger partial charge >= 0.3 is 0 Å². The van der Waals surface area contributed by atoms with Gasteiger partial charge < -0.3 is 9.47 Å². The highest BCUT2D eigenvalue weighted by molar-refractivity contribution is 5.77. The van der Waals surface area contributed by atoms with E-state index in [0.717, 1.165) is 16.9 Å². The molecule has 0 aliphatic heterocycles. The van der Waals surface area contributed by atoms with E-state index >= 15 is 0 Å². The van der Waals surface area contributed by atoms with Crippen molar-refractivity contribution >= 4 is 17.7 Å². The van der Waals surface area contributed by atoms with Crippen LogP contribution in [0.2, 0.25) is 0 Å². The zero-order valence-electron chi connectivity index (χ0n) is 12.2. The second-order valence-electron chi connectivity index (χ2n) is 4.53. The summed E-state index contributed by atoms with van der Waals surface area (Å²) in [4.78, 5) is 28.5. The summed E-state index contributed by atoms with van der Waals surface area (Å²) in [5.74, 6) is 0.999. The summed E-state index contributed by atoms with van der Waals surface area (Å²) in [6.07, 6.45) is 6.56. The number of ether oxygens (including phenoxy) is 2. The molecule has 1 aromatic carbocycles. The van der Waals surface area contributed by atoms with Crippen molar-refractivity contribution < 1.29 is 19.1 Å². The predicted octanol–water partition coefficient (Wildman–Crippen LogP) is 2.38. The summed E-state index contributed by atoms with van der Waals surface area (Å²) in [5, 5.41) is 0. The number of hydrogen-bond donors (Lipinski definition) is 0. The summed E-state index contributed by atoms with van der Waals surface area (Å²) in [6, 6.07) is 7.49. The van der Waals surface area contributed by atoms with Crippen LogP contribution in [0.5, 0.6) is 5.75 Å². The summed E-state index contributed by atoms with van der Waals surface area (Å²) >= 11 is 0. The molecule has 0 bridgehead atoms. The maximum absolute atomic E-state index is 10.6. The molecule has 0 aromatic heterocycles. The first-order valence-corrected chi connectivity index (χ1v) is 6.48. The number of benzene rings is 1. The standard InChI is InChI=1S/C16H14N2O4/c1-21-14-5-3-4-12(8-14)13-6-7-16(17-10-19,18-11-20)15(9-13)22-2/h3-6,8-9H,7H2,1-2H3. The average Bonchev–Trinajstić information content (AvgIpc) is 2.56. The van der Waals surface area contributed by atoms with Crippen LogP contribution in [0.15, 0.2) is 52.2 Å². The molecule has 6 nitrogen and oxygen atoms in total. The van der Waals surface area contributed by atoms with Crippen molar-refractivity contribution in [3.8, 4) is 5.75 Å². The molecule has 0 radical (unpaired) electrons. The maximum atomic E-state index is 10.6. The Labute approximate surface area is 127 Å². The van der Waals surface area contributed by atoms with E-state index in [1.54, 1.807) is 13.2 Å². The molecule has 0 spiro atoms. The topological polar surface area (TPSA) is 77.3 Å². The predicted molar refractivity (Wildman–Crippen MR) is 79.7 cm³/mol. The third kappa shape index (κ3) is 2.88. The molecule has 0 atom stereocenters. The van der Waals surface area contributed by atoms with Crippen molar-refractivity contribution in [1.29, 1.82) is 0 Å². The van der Waals surface area contributed by atoms with Crippen LogP contribution in [0, 0.1) is 0 Å². The minimum atomic E-state index is -1.42. The van der Waals surface area contributed by atoms with Crippen molar-refractivity contribution in [2.24, 2.45) is 9.98 Å². The Bertz CT molecular complexity index is 705. The van der Waals surface area contributed by atoms with Crippen LogP contribution in [0.3, 0.4) is 0 Å². The second kappa shape index (κ2) is 6.68. The van der Waals surface area contributed by atoms with E-state index in [1.165, 1.54) is 19.3 Å². The molecule has 0 heterocycles. The van der Waals surface area contributed by atoms with E-state index in [-0.39, 0.29) is 12.2 Å². The SMILES string of the molecule is COC1=CC(c2cccc(OC)c2)=CCC1(N=C=O)N=C=O. The number of carbonyl (C=O) groups excluding carboxylic acids is 2. The third-order valence-corrected chi connectivity index (χ3v) is 3.37. The summed E-state index contributed by atoms with van der Waals surface area (Å²) in [7, 11) is 3.02. The molecule has 6 heteroatoms. The summed E-state index contributed by atoms with van der Waals surface area (Å²) in [5.41, 5.74) is 0.349. The molecule has 0 N–H and O–H groups in total. The van der Waals surface area contributed by atoms with Gasteiger partial charge in [-0.1, -0.05) is 18.2 Å². The molecule has 2 rings (SSSR count). The van der Waals surface area contributed by atoms with Crippen LogP contribution in [0.1, 0.15) is 12.0 Å². The number of allylic oxidation sites excluding steroid dienone is 2. The molecule has 0 saturated carbocycles. The van der Waals surface area contributed by atoms with Crippen LogP contribution in [0.4, 0.5) is 0 Å². The van der Waals surface area contributed by atoms with Gasteiger partial charge in [-0.2, -0.15) is 9.98 Å². The Morgan fingerprint density at radius 2 is 1.86 bits per heavy atom. The van der Waals surface area contributed by atoms with Gasteiger partial charge in [0.1, 0.15) is 11.5 Å². The van der Waals surface area contributed by atoms with Crippen molar-refractivity contribution in [3.63, 3.8) is 0 Å². The smallest absolute Gasteiger partial charge is 0.238 e. The van der Waals surface area contributed by atoms with Gasteiger partial charge in [0.2, 0.25) is 17.8 Å². The first-order valence-electron chi connectivity index (χ1n) is 6.48. The quantitative estimate of drug-likeness (QED) is 0.617. The minimum Gasteiger partial charge on any atom is -0.497 e. The fourth-order valence-electron chi connectivity index (χ4n) is 2.27. The molecule has 0 amide bonds. The number of aliphatic imine (C=N–C) groups is 2. The van der Waals surface area contributed by atoms with E-state index < -0.39 is 5.66 Å². The van der Waals surface area contributed by atoms with Gasteiger partial charge in [0.15, 0.2) is 0 Å². The molecular weight excluding hydrogens is 284 g/mol. The van der Waals surface area contributed by atoms with E-state index in [4.69, 9.17) is 9.47 Å². The van der Waals surface area contributed by atoms with Crippen molar-refractivity contribution in [1.82, 2.24) is 0 Å². The molecular formula is C16H14N2O4. The van der Waals surface area contributed by atoms with Gasteiger partial charge in [0, 0.05) is 6.42 Å². The summed E-state index contributed by atoms with van der Waals surface area (Å²) < 4.78 is 10.5. The summed E-state index contributed by atoms with van der Waals surface area (Å²) in [6.45, 7) is 0. The first-order chi connectivity index (χ1) is 10.7. The van der Waals surface area contributed by atoms with Gasteiger partial charge in [-0.05, 0) is 29.3 Å². The van der Waals surface area contributed by atoms with Gasteiger partial charge in [0.05, 0.1) is 14.2 Å². The van der Waals surface area contributed by atoms with E-state index in [9.17, 15) is 9.59 Å². The Morgan fingerprint density at radius 1 is 1.14 bits per heavy atom. The zero-order valence-corrected chi connectivity index (χ0v) is 12.2. The van der Waals surface area contributed by atoms with Gasteiger partial charge in [0.25, 0.3) is 0 Å². The van der Waals surface area contributed by atoms with E-state index in [2.05, 4.69) is 9.98 Å². The molecule has 1 aromatic rings. The lowest BCUT2D eigenvalue weighted by Gasteiger charge is -2.26. The first kappa shape index (κ1) is 15.4. The van der Waals surface area contributed by atoms with E-state index in [1.807, 2.05) is 30.3 Å². The number of hydrogen-bond acceptors (Lipinski definition) is 6. The molecule has 0 saturated heterocycles. The van der Waals surface area contributed by atoms with Gasteiger partial charge in [-0.15, -0.1) is 0 Å². The highest BCUT2D eigenvalue weighted by Gasteiger charge is 2.37. The Kier molecular flexibility index (Phi) is 4.69. The number of nitrogens with zero attached hydrogens (tertiary/aromatic N) is 2. The fraction of sp³-hybridized carbons (Fsp3) is 0.250. The van der Waals surface area contributed by atoms with Crippen LogP contribution >= 0.6 is 0 Å². The number of isocyanates is 2. The lowest BCUT2D eigenvalue weighted by molar-refractivity contribution is 0.223. The van der Waals surface area contributed by atoms with E-state index in [0.29, 0.717) is 0 Å². The Balaban J connectivity index is 2.47. The fourth-order valence-corrected chi connectivity index (χ4v) is 2.27. The molecule has 22 heavy (non-hydrogen) atoms. The van der Waals surface area contributed by atoms with Gasteiger partial charge in [-0.3, -0.25) is 0 Å². The van der Waals surface area contributed by atoms with Crippen LogP contribution in [0.25, 0.3) is 5.57 Å². The van der Waals surface area contributed by atoms with Crippen molar-refractivity contribution in [2.45, 2.75) is 12.1 Å². The third-order valence-electron chi connectivity index (χ3n) is 3.37. The lowest BCUT2D eigenvalue weighted by atomic mass is 9.91. The maximum Gasteiger partial charge on any atom is 0.238 e. The highest BCUT2D eigenvalue weighted by Crippen LogP contribution is 2.36. The molecule has 1 aliphatic rings. The van der Waals surface area contributed by atoms with Crippen molar-refractivity contribution in [3.05, 3.63) is 47.7 Å². The van der Waals surface area contributed by atoms with Crippen LogP contribution < -0.4 is 4.74 Å². The molecule has 0 unspecified atom stereocenters.